The zero-order chi connectivity index (χ0) is 12.8. The van der Waals surface area contributed by atoms with Crippen molar-refractivity contribution in [1.82, 2.24) is 9.80 Å². The van der Waals surface area contributed by atoms with E-state index in [0.29, 0.717) is 25.4 Å². The zero-order valence-electron chi connectivity index (χ0n) is 10.4. The fraction of sp³-hybridized carbons (Fsp3) is 0.818. The lowest BCUT2D eigenvalue weighted by atomic mass is 10.2. The number of hydrogen-bond donors (Lipinski definition) is 1. The molecule has 0 saturated carbocycles. The number of rotatable bonds is 5. The normalized spacial score (nSPS) is 21.2. The third kappa shape index (κ3) is 3.89. The molecule has 1 N–H and O–H groups in total. The van der Waals surface area contributed by atoms with Crippen LogP contribution < -0.4 is 0 Å². The van der Waals surface area contributed by atoms with E-state index in [1.807, 2.05) is 13.8 Å². The van der Waals surface area contributed by atoms with Crippen LogP contribution in [0.1, 0.15) is 13.8 Å². The molecule has 1 aliphatic rings. The number of carboxylic acid groups (broad SMARTS) is 1. The van der Waals surface area contributed by atoms with E-state index in [2.05, 4.69) is 0 Å². The van der Waals surface area contributed by atoms with Crippen molar-refractivity contribution in [2.75, 3.05) is 37.7 Å². The summed E-state index contributed by atoms with van der Waals surface area (Å²) in [5.41, 5.74) is 0. The smallest absolute Gasteiger partial charge is 0.321 e. The van der Waals surface area contributed by atoms with E-state index in [1.165, 1.54) is 0 Å². The first-order chi connectivity index (χ1) is 8.10. The lowest BCUT2D eigenvalue weighted by Gasteiger charge is -2.33. The molecule has 1 aliphatic heterocycles. The Hall–Kier alpha value is -0.750. The van der Waals surface area contributed by atoms with Crippen molar-refractivity contribution in [2.45, 2.75) is 19.9 Å². The van der Waals surface area contributed by atoms with Crippen molar-refractivity contribution >= 4 is 23.6 Å². The highest BCUT2D eigenvalue weighted by Gasteiger charge is 2.30. The van der Waals surface area contributed by atoms with Gasteiger partial charge in [0, 0.05) is 31.1 Å². The van der Waals surface area contributed by atoms with Gasteiger partial charge in [-0.15, -0.1) is 0 Å². The van der Waals surface area contributed by atoms with Crippen molar-refractivity contribution in [3.8, 4) is 0 Å². The topological polar surface area (TPSA) is 60.9 Å². The predicted molar refractivity (Wildman–Crippen MR) is 68.2 cm³/mol. The van der Waals surface area contributed by atoms with Crippen LogP contribution >= 0.6 is 11.8 Å². The Balaban J connectivity index is 2.58. The number of aliphatic carboxylic acids is 1. The fourth-order valence-electron chi connectivity index (χ4n) is 1.90. The summed E-state index contributed by atoms with van der Waals surface area (Å²) in [4.78, 5) is 26.5. The first kappa shape index (κ1) is 14.3. The van der Waals surface area contributed by atoms with Crippen molar-refractivity contribution in [1.29, 1.82) is 0 Å². The highest BCUT2D eigenvalue weighted by molar-refractivity contribution is 7.99. The summed E-state index contributed by atoms with van der Waals surface area (Å²) in [7, 11) is 0. The number of carbonyl (C=O) groups excluding carboxylic acids is 1. The van der Waals surface area contributed by atoms with Gasteiger partial charge in [-0.05, 0) is 13.8 Å². The van der Waals surface area contributed by atoms with Crippen LogP contribution in [0.15, 0.2) is 0 Å². The highest BCUT2D eigenvalue weighted by atomic mass is 32.2. The fourth-order valence-corrected chi connectivity index (χ4v) is 3.01. The number of thioether (sulfide) groups is 1. The quantitative estimate of drug-likeness (QED) is 0.773. The van der Waals surface area contributed by atoms with Gasteiger partial charge in [-0.2, -0.15) is 11.8 Å². The van der Waals surface area contributed by atoms with Gasteiger partial charge in [0.25, 0.3) is 0 Å². The zero-order valence-corrected chi connectivity index (χ0v) is 11.2. The number of carboxylic acids is 1. The van der Waals surface area contributed by atoms with E-state index in [0.717, 1.165) is 5.75 Å². The highest BCUT2D eigenvalue weighted by Crippen LogP contribution is 2.16. The summed E-state index contributed by atoms with van der Waals surface area (Å²) in [6, 6.07) is -0.520. The van der Waals surface area contributed by atoms with Gasteiger partial charge in [0.2, 0.25) is 5.91 Å². The number of likely N-dealkylation sites (N-methyl/N-ethyl adjacent to an activating group) is 1. The maximum atomic E-state index is 11.9. The molecule has 1 heterocycles. The second-order valence-corrected chi connectivity index (χ2v) is 5.12. The second kappa shape index (κ2) is 6.86. The van der Waals surface area contributed by atoms with Crippen LogP contribution in [0.2, 0.25) is 0 Å². The van der Waals surface area contributed by atoms with Gasteiger partial charge >= 0.3 is 5.97 Å². The molecule has 0 bridgehead atoms. The standard InChI is InChI=1S/C11H20N2O3S/c1-3-12(4-2)10(14)7-13-5-6-17-8-9(13)11(15)16/h9H,3-8H2,1-2H3,(H,15,16). The van der Waals surface area contributed by atoms with Gasteiger partial charge in [0.05, 0.1) is 6.54 Å². The van der Waals surface area contributed by atoms with Gasteiger partial charge in [-0.25, -0.2) is 0 Å². The van der Waals surface area contributed by atoms with E-state index in [-0.39, 0.29) is 12.5 Å². The van der Waals surface area contributed by atoms with Gasteiger partial charge in [0.15, 0.2) is 0 Å². The van der Waals surface area contributed by atoms with Crippen molar-refractivity contribution in [3.05, 3.63) is 0 Å². The Labute approximate surface area is 106 Å². The summed E-state index contributed by atoms with van der Waals surface area (Å²) in [6.07, 6.45) is 0. The minimum absolute atomic E-state index is 0.0214. The molecular weight excluding hydrogens is 240 g/mol. The van der Waals surface area contributed by atoms with Crippen LogP contribution in [-0.4, -0.2) is 70.5 Å². The molecule has 0 aromatic carbocycles. The predicted octanol–water partition coefficient (Wildman–Crippen LogP) is 0.357. The van der Waals surface area contributed by atoms with Crippen LogP contribution in [0.3, 0.4) is 0 Å². The maximum Gasteiger partial charge on any atom is 0.321 e. The van der Waals surface area contributed by atoms with Crippen molar-refractivity contribution < 1.29 is 14.7 Å². The van der Waals surface area contributed by atoms with Gasteiger partial charge in [-0.1, -0.05) is 0 Å². The molecule has 1 atom stereocenters. The first-order valence-corrected chi connectivity index (χ1v) is 7.08. The average molecular weight is 260 g/mol. The third-order valence-corrected chi connectivity index (χ3v) is 4.00. The minimum atomic E-state index is -0.829. The third-order valence-electron chi connectivity index (χ3n) is 2.98. The number of nitrogens with zero attached hydrogens (tertiary/aromatic N) is 2. The molecule has 17 heavy (non-hydrogen) atoms. The Bertz CT molecular complexity index is 282. The molecule has 0 aromatic heterocycles. The molecular formula is C11H20N2O3S. The number of carbonyl (C=O) groups is 2. The number of amides is 1. The van der Waals surface area contributed by atoms with Crippen molar-refractivity contribution in [3.63, 3.8) is 0 Å². The Morgan fingerprint density at radius 3 is 2.59 bits per heavy atom. The van der Waals surface area contributed by atoms with E-state index in [4.69, 9.17) is 5.11 Å². The Morgan fingerprint density at radius 2 is 2.06 bits per heavy atom. The summed E-state index contributed by atoms with van der Waals surface area (Å²) >= 11 is 1.63. The van der Waals surface area contributed by atoms with Gasteiger partial charge in [-0.3, -0.25) is 14.5 Å². The molecule has 0 radical (unpaired) electrons. The molecule has 1 saturated heterocycles. The summed E-state index contributed by atoms with van der Waals surface area (Å²) in [6.45, 7) is 6.11. The van der Waals surface area contributed by atoms with Crippen LogP contribution in [0, 0.1) is 0 Å². The van der Waals surface area contributed by atoms with Crippen LogP contribution in [0.25, 0.3) is 0 Å². The minimum Gasteiger partial charge on any atom is -0.480 e. The molecule has 0 aromatic rings. The number of hydrogen-bond acceptors (Lipinski definition) is 4. The summed E-state index contributed by atoms with van der Waals surface area (Å²) in [5, 5.41) is 9.09. The molecule has 0 spiro atoms. The monoisotopic (exact) mass is 260 g/mol. The Morgan fingerprint density at radius 1 is 1.41 bits per heavy atom. The summed E-state index contributed by atoms with van der Waals surface area (Å²) < 4.78 is 0. The molecule has 0 aliphatic carbocycles. The van der Waals surface area contributed by atoms with E-state index in [9.17, 15) is 9.59 Å². The van der Waals surface area contributed by atoms with Gasteiger partial charge < -0.3 is 10.0 Å². The largest absolute Gasteiger partial charge is 0.480 e. The lowest BCUT2D eigenvalue weighted by molar-refractivity contribution is -0.143. The molecule has 98 valence electrons. The maximum absolute atomic E-state index is 11.9. The Kier molecular flexibility index (Phi) is 5.77. The van der Waals surface area contributed by atoms with Gasteiger partial charge in [0.1, 0.15) is 6.04 Å². The first-order valence-electron chi connectivity index (χ1n) is 5.92. The van der Waals surface area contributed by atoms with Crippen molar-refractivity contribution in [2.24, 2.45) is 0 Å². The molecule has 1 rings (SSSR count). The molecule has 1 amide bonds. The molecule has 1 fully saturated rings. The van der Waals surface area contributed by atoms with E-state index in [1.54, 1.807) is 21.6 Å². The lowest BCUT2D eigenvalue weighted by Crippen LogP contribution is -2.51. The molecule has 5 nitrogen and oxygen atoms in total. The van der Waals surface area contributed by atoms with Crippen LogP contribution in [0.4, 0.5) is 0 Å². The van der Waals surface area contributed by atoms with E-state index < -0.39 is 12.0 Å². The average Bonchev–Trinajstić information content (AvgIpc) is 2.31. The molecule has 1 unspecified atom stereocenters. The van der Waals surface area contributed by atoms with Crippen LogP contribution in [-0.2, 0) is 9.59 Å². The summed E-state index contributed by atoms with van der Waals surface area (Å²) in [5.74, 6) is 0.661. The SMILES string of the molecule is CCN(CC)C(=O)CN1CCSCC1C(=O)O. The van der Waals surface area contributed by atoms with E-state index >= 15 is 0 Å². The second-order valence-electron chi connectivity index (χ2n) is 3.97. The molecule has 6 heteroatoms. The van der Waals surface area contributed by atoms with Crippen LogP contribution in [0.5, 0.6) is 0 Å².